The maximum absolute atomic E-state index is 9.93. The van der Waals surface area contributed by atoms with Crippen LogP contribution in [0.5, 0.6) is 0 Å². The second-order valence-electron chi connectivity index (χ2n) is 4.57. The molecule has 4 nitrogen and oxygen atoms in total. The minimum absolute atomic E-state index is 0.257. The number of aliphatic imine (C=N–C) groups is 1. The van der Waals surface area contributed by atoms with Gasteiger partial charge in [-0.05, 0) is 37.0 Å². The lowest BCUT2D eigenvalue weighted by Crippen LogP contribution is -2.43. The number of nitrogens with two attached hydrogens (primary N) is 1. The van der Waals surface area contributed by atoms with E-state index in [0.717, 1.165) is 18.4 Å². The summed E-state index contributed by atoms with van der Waals surface area (Å²) in [6.45, 7) is 0.257. The molecule has 0 aliphatic heterocycles. The molecule has 18 heavy (non-hydrogen) atoms. The molecule has 2 rings (SSSR count). The lowest BCUT2D eigenvalue weighted by molar-refractivity contribution is 0.187. The molecule has 1 fully saturated rings. The van der Waals surface area contributed by atoms with Crippen LogP contribution in [0.25, 0.3) is 0 Å². The summed E-state index contributed by atoms with van der Waals surface area (Å²) in [6.07, 6.45) is 2.90. The SMILES string of the molecule is NC(=NC[C@@H](O)c1ccc(Cl)cc1)NC1CCC1. The normalized spacial score (nSPS) is 18.2. The third-order valence-corrected chi connectivity index (χ3v) is 3.40. The Labute approximate surface area is 112 Å². The van der Waals surface area contributed by atoms with Crippen LogP contribution in [0.2, 0.25) is 5.02 Å². The molecule has 1 saturated carbocycles. The second-order valence-corrected chi connectivity index (χ2v) is 5.00. The van der Waals surface area contributed by atoms with Gasteiger partial charge in [-0.3, -0.25) is 4.99 Å². The van der Waals surface area contributed by atoms with Gasteiger partial charge in [-0.15, -0.1) is 0 Å². The minimum atomic E-state index is -0.649. The molecule has 1 aliphatic carbocycles. The third-order valence-electron chi connectivity index (χ3n) is 3.15. The number of aliphatic hydroxyl groups excluding tert-OH is 1. The van der Waals surface area contributed by atoms with E-state index in [1.54, 1.807) is 24.3 Å². The Morgan fingerprint density at radius 1 is 1.44 bits per heavy atom. The van der Waals surface area contributed by atoms with E-state index in [2.05, 4.69) is 10.3 Å². The molecule has 1 aromatic rings. The van der Waals surface area contributed by atoms with Crippen LogP contribution < -0.4 is 11.1 Å². The fourth-order valence-electron chi connectivity index (χ4n) is 1.78. The summed E-state index contributed by atoms with van der Waals surface area (Å²) in [5.74, 6) is 0.410. The molecular formula is C13H18ClN3O. The molecular weight excluding hydrogens is 250 g/mol. The Bertz CT molecular complexity index is 415. The summed E-state index contributed by atoms with van der Waals surface area (Å²) in [6, 6.07) is 7.54. The number of hydrogen-bond acceptors (Lipinski definition) is 2. The monoisotopic (exact) mass is 267 g/mol. The van der Waals surface area contributed by atoms with Crippen LogP contribution in [0.1, 0.15) is 30.9 Å². The molecule has 0 heterocycles. The number of benzene rings is 1. The van der Waals surface area contributed by atoms with Gasteiger partial charge in [0, 0.05) is 11.1 Å². The maximum Gasteiger partial charge on any atom is 0.188 e. The molecule has 98 valence electrons. The number of aliphatic hydroxyl groups is 1. The van der Waals surface area contributed by atoms with E-state index in [4.69, 9.17) is 17.3 Å². The van der Waals surface area contributed by atoms with Crippen molar-refractivity contribution >= 4 is 17.6 Å². The maximum atomic E-state index is 9.93. The first-order valence-corrected chi connectivity index (χ1v) is 6.53. The first-order valence-electron chi connectivity index (χ1n) is 6.15. The smallest absolute Gasteiger partial charge is 0.188 e. The highest BCUT2D eigenvalue weighted by Gasteiger charge is 2.17. The molecule has 0 spiro atoms. The van der Waals surface area contributed by atoms with Crippen LogP contribution in [0.15, 0.2) is 29.3 Å². The lowest BCUT2D eigenvalue weighted by atomic mass is 9.93. The molecule has 0 saturated heterocycles. The van der Waals surface area contributed by atoms with Crippen molar-refractivity contribution in [1.82, 2.24) is 5.32 Å². The average molecular weight is 268 g/mol. The Balaban J connectivity index is 1.84. The molecule has 1 aliphatic rings. The zero-order valence-corrected chi connectivity index (χ0v) is 10.9. The third kappa shape index (κ3) is 3.62. The van der Waals surface area contributed by atoms with Crippen LogP contribution in [-0.4, -0.2) is 23.7 Å². The highest BCUT2D eigenvalue weighted by Crippen LogP contribution is 2.18. The molecule has 0 radical (unpaired) electrons. The van der Waals surface area contributed by atoms with E-state index in [-0.39, 0.29) is 6.54 Å². The number of nitrogens with zero attached hydrogens (tertiary/aromatic N) is 1. The van der Waals surface area contributed by atoms with Crippen LogP contribution in [0, 0.1) is 0 Å². The summed E-state index contributed by atoms with van der Waals surface area (Å²) in [5.41, 5.74) is 6.53. The molecule has 1 atom stereocenters. The topological polar surface area (TPSA) is 70.6 Å². The van der Waals surface area contributed by atoms with Gasteiger partial charge < -0.3 is 16.2 Å². The Kier molecular flexibility index (Phi) is 4.44. The molecule has 0 amide bonds. The predicted octanol–water partition coefficient (Wildman–Crippen LogP) is 1.83. The summed E-state index contributed by atoms with van der Waals surface area (Å²) in [7, 11) is 0. The van der Waals surface area contributed by atoms with E-state index in [1.165, 1.54) is 6.42 Å². The summed E-state index contributed by atoms with van der Waals surface area (Å²) in [5, 5.41) is 13.7. The Morgan fingerprint density at radius 3 is 2.67 bits per heavy atom. The predicted molar refractivity (Wildman–Crippen MR) is 73.7 cm³/mol. The van der Waals surface area contributed by atoms with Gasteiger partial charge in [0.25, 0.3) is 0 Å². The van der Waals surface area contributed by atoms with Crippen molar-refractivity contribution in [2.45, 2.75) is 31.4 Å². The van der Waals surface area contributed by atoms with Gasteiger partial charge in [0.05, 0.1) is 12.6 Å². The quantitative estimate of drug-likeness (QED) is 0.576. The van der Waals surface area contributed by atoms with Gasteiger partial charge in [-0.25, -0.2) is 0 Å². The van der Waals surface area contributed by atoms with Crippen LogP contribution in [0.3, 0.4) is 0 Å². The summed E-state index contributed by atoms with van der Waals surface area (Å²) >= 11 is 5.78. The van der Waals surface area contributed by atoms with Gasteiger partial charge >= 0.3 is 0 Å². The zero-order valence-electron chi connectivity index (χ0n) is 10.1. The van der Waals surface area contributed by atoms with E-state index < -0.39 is 6.10 Å². The van der Waals surface area contributed by atoms with E-state index in [9.17, 15) is 5.11 Å². The molecule has 5 heteroatoms. The van der Waals surface area contributed by atoms with Crippen molar-refractivity contribution in [1.29, 1.82) is 0 Å². The number of halogens is 1. The highest BCUT2D eigenvalue weighted by atomic mass is 35.5. The number of guanidine groups is 1. The summed E-state index contributed by atoms with van der Waals surface area (Å²) in [4.78, 5) is 4.15. The van der Waals surface area contributed by atoms with Crippen molar-refractivity contribution in [3.63, 3.8) is 0 Å². The molecule has 1 aromatic carbocycles. The number of hydrogen-bond donors (Lipinski definition) is 3. The first kappa shape index (κ1) is 13.2. The fraction of sp³-hybridized carbons (Fsp3) is 0.462. The minimum Gasteiger partial charge on any atom is -0.386 e. The van der Waals surface area contributed by atoms with Crippen molar-refractivity contribution in [2.24, 2.45) is 10.7 Å². The first-order chi connectivity index (χ1) is 8.65. The standard InChI is InChI=1S/C13H18ClN3O/c14-10-6-4-9(5-7-10)12(18)8-16-13(15)17-11-2-1-3-11/h4-7,11-12,18H,1-3,8H2,(H3,15,16,17)/t12-/m1/s1. The van der Waals surface area contributed by atoms with Gasteiger partial charge in [0.15, 0.2) is 5.96 Å². The largest absolute Gasteiger partial charge is 0.386 e. The van der Waals surface area contributed by atoms with Crippen LogP contribution in [0.4, 0.5) is 0 Å². The number of rotatable bonds is 4. The lowest BCUT2D eigenvalue weighted by Gasteiger charge is -2.26. The van der Waals surface area contributed by atoms with Crippen molar-refractivity contribution in [3.05, 3.63) is 34.9 Å². The van der Waals surface area contributed by atoms with Crippen molar-refractivity contribution in [3.8, 4) is 0 Å². The van der Waals surface area contributed by atoms with Crippen LogP contribution >= 0.6 is 11.6 Å². The van der Waals surface area contributed by atoms with E-state index >= 15 is 0 Å². The fourth-order valence-corrected chi connectivity index (χ4v) is 1.91. The van der Waals surface area contributed by atoms with Gasteiger partial charge in [-0.2, -0.15) is 0 Å². The number of nitrogens with one attached hydrogen (secondary N) is 1. The average Bonchev–Trinajstić information content (AvgIpc) is 2.32. The van der Waals surface area contributed by atoms with Gasteiger partial charge in [0.1, 0.15) is 0 Å². The van der Waals surface area contributed by atoms with Crippen molar-refractivity contribution < 1.29 is 5.11 Å². The second kappa shape index (κ2) is 6.07. The van der Waals surface area contributed by atoms with Crippen LogP contribution in [-0.2, 0) is 0 Å². The van der Waals surface area contributed by atoms with Gasteiger partial charge in [0.2, 0.25) is 0 Å². The van der Waals surface area contributed by atoms with E-state index in [0.29, 0.717) is 17.0 Å². The zero-order chi connectivity index (χ0) is 13.0. The molecule has 0 bridgehead atoms. The van der Waals surface area contributed by atoms with E-state index in [1.807, 2.05) is 0 Å². The molecule has 0 aromatic heterocycles. The van der Waals surface area contributed by atoms with Crippen molar-refractivity contribution in [2.75, 3.05) is 6.54 Å². The highest BCUT2D eigenvalue weighted by molar-refractivity contribution is 6.30. The molecule has 4 N–H and O–H groups in total. The Morgan fingerprint density at radius 2 is 2.11 bits per heavy atom. The Hall–Kier alpha value is -1.26. The van der Waals surface area contributed by atoms with Gasteiger partial charge in [-0.1, -0.05) is 23.7 Å². The molecule has 0 unspecified atom stereocenters. The summed E-state index contributed by atoms with van der Waals surface area (Å²) < 4.78 is 0.